The third kappa shape index (κ3) is 9.66. The first-order valence-corrected chi connectivity index (χ1v) is 11.0. The Hall–Kier alpha value is -1.55. The second kappa shape index (κ2) is 9.97. The predicted molar refractivity (Wildman–Crippen MR) is 124 cm³/mol. The molecule has 0 radical (unpaired) electrons. The molecular weight excluding hydrogens is 360 g/mol. The zero-order valence-corrected chi connectivity index (χ0v) is 20.3. The Kier molecular flexibility index (Phi) is 8.76. The summed E-state index contributed by atoms with van der Waals surface area (Å²) in [6.07, 6.45) is 3.18. The molecule has 0 bridgehead atoms. The average Bonchev–Trinajstić information content (AvgIpc) is 2.53. The van der Waals surface area contributed by atoms with Gasteiger partial charge in [-0.15, -0.1) is 0 Å². The molecule has 0 spiro atoms. The summed E-state index contributed by atoms with van der Waals surface area (Å²) < 4.78 is 0. The zero-order chi connectivity index (χ0) is 22.5. The van der Waals surface area contributed by atoms with Gasteiger partial charge in [-0.3, -0.25) is 4.79 Å². The minimum Gasteiger partial charge on any atom is -0.507 e. The van der Waals surface area contributed by atoms with Crippen molar-refractivity contribution in [1.29, 1.82) is 0 Å². The van der Waals surface area contributed by atoms with Gasteiger partial charge in [-0.1, -0.05) is 53.7 Å². The molecule has 0 unspecified atom stereocenters. The van der Waals surface area contributed by atoms with Crippen LogP contribution in [0.1, 0.15) is 91.3 Å². The van der Waals surface area contributed by atoms with E-state index in [-0.39, 0.29) is 16.9 Å². The molecule has 0 heterocycles. The highest BCUT2D eigenvalue weighted by atomic mass is 16.3. The molecule has 0 aromatic heterocycles. The van der Waals surface area contributed by atoms with Crippen LogP contribution in [-0.2, 0) is 16.6 Å². The van der Waals surface area contributed by atoms with Gasteiger partial charge in [0.05, 0.1) is 0 Å². The Bertz CT molecular complexity index is 679. The monoisotopic (exact) mass is 404 g/mol. The molecule has 1 aromatic carbocycles. The van der Waals surface area contributed by atoms with E-state index < -0.39 is 0 Å². The van der Waals surface area contributed by atoms with E-state index >= 15 is 0 Å². The molecule has 4 nitrogen and oxygen atoms in total. The topological polar surface area (TPSA) is 61.4 Å². The van der Waals surface area contributed by atoms with Crippen LogP contribution in [-0.4, -0.2) is 29.6 Å². The molecule has 1 amide bonds. The summed E-state index contributed by atoms with van der Waals surface area (Å²) in [6.45, 7) is 21.0. The summed E-state index contributed by atoms with van der Waals surface area (Å²) in [5, 5.41) is 17.0. The third-order valence-corrected chi connectivity index (χ3v) is 5.36. The maximum absolute atomic E-state index is 12.3. The van der Waals surface area contributed by atoms with Crippen LogP contribution in [0.5, 0.6) is 5.75 Å². The summed E-state index contributed by atoms with van der Waals surface area (Å²) >= 11 is 0. The smallest absolute Gasteiger partial charge is 0.220 e. The van der Waals surface area contributed by atoms with Crippen LogP contribution in [0.4, 0.5) is 0 Å². The molecule has 0 atom stereocenters. The number of nitrogens with one attached hydrogen (secondary N) is 2. The van der Waals surface area contributed by atoms with Crippen LogP contribution >= 0.6 is 0 Å². The molecule has 1 aromatic rings. The van der Waals surface area contributed by atoms with Crippen molar-refractivity contribution < 1.29 is 9.90 Å². The van der Waals surface area contributed by atoms with Crippen molar-refractivity contribution in [2.45, 2.75) is 99.0 Å². The van der Waals surface area contributed by atoms with E-state index in [4.69, 9.17) is 0 Å². The van der Waals surface area contributed by atoms with Gasteiger partial charge in [0.2, 0.25) is 5.91 Å². The number of carbonyl (C=O) groups excluding carboxylic acids is 1. The quantitative estimate of drug-likeness (QED) is 0.527. The first-order chi connectivity index (χ1) is 13.1. The maximum Gasteiger partial charge on any atom is 0.220 e. The van der Waals surface area contributed by atoms with Crippen LogP contribution in [0.2, 0.25) is 0 Å². The molecular formula is C25H44N2O2. The minimum absolute atomic E-state index is 0.00814. The summed E-state index contributed by atoms with van der Waals surface area (Å²) in [5.41, 5.74) is 3.13. The number of phenolic OH excluding ortho intramolecular Hbond substituents is 1. The molecule has 0 aliphatic heterocycles. The van der Waals surface area contributed by atoms with Crippen molar-refractivity contribution >= 4 is 5.91 Å². The Morgan fingerprint density at radius 2 is 1.59 bits per heavy atom. The van der Waals surface area contributed by atoms with Gasteiger partial charge in [0, 0.05) is 18.5 Å². The number of aromatic hydroxyl groups is 1. The van der Waals surface area contributed by atoms with Crippen molar-refractivity contribution in [2.24, 2.45) is 5.41 Å². The van der Waals surface area contributed by atoms with E-state index in [1.165, 1.54) is 0 Å². The van der Waals surface area contributed by atoms with E-state index in [1.54, 1.807) is 0 Å². The van der Waals surface area contributed by atoms with E-state index in [1.807, 2.05) is 19.1 Å². The van der Waals surface area contributed by atoms with E-state index in [2.05, 4.69) is 66.0 Å². The molecule has 0 aliphatic rings. The molecule has 0 saturated carbocycles. The van der Waals surface area contributed by atoms with Gasteiger partial charge in [-0.2, -0.15) is 0 Å². The van der Waals surface area contributed by atoms with Crippen LogP contribution in [0.25, 0.3) is 0 Å². The van der Waals surface area contributed by atoms with Crippen LogP contribution in [0.15, 0.2) is 12.1 Å². The van der Waals surface area contributed by atoms with Gasteiger partial charge in [-0.25, -0.2) is 0 Å². The van der Waals surface area contributed by atoms with Gasteiger partial charge >= 0.3 is 0 Å². The lowest BCUT2D eigenvalue weighted by Gasteiger charge is -2.28. The number of carbonyl (C=O) groups is 1. The van der Waals surface area contributed by atoms with Gasteiger partial charge in [0.1, 0.15) is 5.75 Å². The second-order valence-electron chi connectivity index (χ2n) is 11.3. The van der Waals surface area contributed by atoms with Gasteiger partial charge < -0.3 is 15.7 Å². The number of amides is 1. The standard InChI is InChI=1S/C25H44N2O2/c1-18-16-19(17-20(22(18)29)24(5,6)7)10-11-21(28)26-14-13-25(8,9)27-15-12-23(2,3)4/h16-17,27,29H,10-15H2,1-9H3,(H,26,28). The normalized spacial score (nSPS) is 12.9. The lowest BCUT2D eigenvalue weighted by molar-refractivity contribution is -0.121. The molecule has 1 rings (SSSR count). The lowest BCUT2D eigenvalue weighted by Crippen LogP contribution is -2.43. The molecule has 166 valence electrons. The van der Waals surface area contributed by atoms with Crippen molar-refractivity contribution in [3.63, 3.8) is 0 Å². The highest BCUT2D eigenvalue weighted by Crippen LogP contribution is 2.34. The lowest BCUT2D eigenvalue weighted by atomic mass is 9.83. The summed E-state index contributed by atoms with van der Waals surface area (Å²) in [5.74, 6) is 0.449. The molecule has 0 aliphatic carbocycles. The Morgan fingerprint density at radius 3 is 2.14 bits per heavy atom. The second-order valence-corrected chi connectivity index (χ2v) is 11.3. The molecule has 3 N–H and O–H groups in total. The Labute approximate surface area is 178 Å². The van der Waals surface area contributed by atoms with Crippen LogP contribution < -0.4 is 10.6 Å². The summed E-state index contributed by atoms with van der Waals surface area (Å²) in [6, 6.07) is 4.03. The number of aryl methyl sites for hydroxylation is 2. The Morgan fingerprint density at radius 1 is 0.966 bits per heavy atom. The van der Waals surface area contributed by atoms with Crippen molar-refractivity contribution in [3.8, 4) is 5.75 Å². The van der Waals surface area contributed by atoms with Crippen LogP contribution in [0, 0.1) is 12.3 Å². The first kappa shape index (κ1) is 25.5. The molecule has 29 heavy (non-hydrogen) atoms. The zero-order valence-electron chi connectivity index (χ0n) is 20.3. The van der Waals surface area contributed by atoms with Gasteiger partial charge in [0.15, 0.2) is 0 Å². The maximum atomic E-state index is 12.3. The fourth-order valence-electron chi connectivity index (χ4n) is 3.30. The fraction of sp³-hybridized carbons (Fsp3) is 0.720. The average molecular weight is 405 g/mol. The minimum atomic E-state index is -0.126. The number of benzene rings is 1. The van der Waals surface area contributed by atoms with Crippen LogP contribution in [0.3, 0.4) is 0 Å². The van der Waals surface area contributed by atoms with Gasteiger partial charge in [-0.05, 0) is 74.1 Å². The molecule has 4 heteroatoms. The fourth-order valence-corrected chi connectivity index (χ4v) is 3.30. The van der Waals surface area contributed by atoms with E-state index in [9.17, 15) is 9.90 Å². The molecule has 0 fully saturated rings. The highest BCUT2D eigenvalue weighted by molar-refractivity contribution is 5.76. The third-order valence-electron chi connectivity index (χ3n) is 5.36. The number of phenols is 1. The van der Waals surface area contributed by atoms with E-state index in [0.717, 1.165) is 36.1 Å². The Balaban J connectivity index is 2.47. The number of rotatable bonds is 9. The van der Waals surface area contributed by atoms with Crippen molar-refractivity contribution in [3.05, 3.63) is 28.8 Å². The van der Waals surface area contributed by atoms with Crippen molar-refractivity contribution in [1.82, 2.24) is 10.6 Å². The summed E-state index contributed by atoms with van der Waals surface area (Å²) in [4.78, 5) is 12.3. The number of hydrogen-bond acceptors (Lipinski definition) is 3. The first-order valence-electron chi connectivity index (χ1n) is 11.0. The van der Waals surface area contributed by atoms with Crippen molar-refractivity contribution in [2.75, 3.05) is 13.1 Å². The van der Waals surface area contributed by atoms with E-state index in [0.29, 0.717) is 30.6 Å². The predicted octanol–water partition coefficient (Wildman–Crippen LogP) is 5.24. The number of hydrogen-bond donors (Lipinski definition) is 3. The molecule has 0 saturated heterocycles. The van der Waals surface area contributed by atoms with Gasteiger partial charge in [0.25, 0.3) is 0 Å². The highest BCUT2D eigenvalue weighted by Gasteiger charge is 2.21. The largest absolute Gasteiger partial charge is 0.507 e. The summed E-state index contributed by atoms with van der Waals surface area (Å²) in [7, 11) is 0. The SMILES string of the molecule is Cc1cc(CCC(=O)NCCC(C)(C)NCCC(C)(C)C)cc(C(C)(C)C)c1O.